The first-order valence-corrected chi connectivity index (χ1v) is 13.5. The molecular weight excluding hydrogens is 545 g/mol. The van der Waals surface area contributed by atoms with E-state index in [4.69, 9.17) is 8.37 Å². The summed E-state index contributed by atoms with van der Waals surface area (Å²) in [7, 11) is 3.10. The molecule has 0 spiro atoms. The van der Waals surface area contributed by atoms with Gasteiger partial charge < -0.3 is 19.0 Å². The first-order chi connectivity index (χ1) is 17.4. The molecule has 2 aromatic carbocycles. The van der Waals surface area contributed by atoms with Crippen LogP contribution in [0.25, 0.3) is 20.4 Å². The SMILES string of the molecule is CNC(=O)c1ccc2sc(SOC(=O)CCC(=O)OSc3nc4cc(C(=O)NC)ccc4s3)nc2c1. The van der Waals surface area contributed by atoms with Gasteiger partial charge in [-0.1, -0.05) is 0 Å². The molecule has 0 atom stereocenters. The van der Waals surface area contributed by atoms with Crippen molar-refractivity contribution in [3.05, 3.63) is 47.5 Å². The Hall–Kier alpha value is -3.20. The second kappa shape index (κ2) is 11.7. The first-order valence-electron chi connectivity index (χ1n) is 10.4. The monoisotopic (exact) mass is 562 g/mol. The number of nitrogens with one attached hydrogen (secondary N) is 2. The van der Waals surface area contributed by atoms with Gasteiger partial charge in [-0.05, 0) is 36.4 Å². The molecule has 2 N–H and O–H groups in total. The van der Waals surface area contributed by atoms with Gasteiger partial charge in [-0.15, -0.1) is 22.7 Å². The van der Waals surface area contributed by atoms with Crippen molar-refractivity contribution >= 4 is 90.9 Å². The van der Waals surface area contributed by atoms with Crippen LogP contribution < -0.4 is 10.6 Å². The first kappa shape index (κ1) is 25.9. The van der Waals surface area contributed by atoms with Crippen molar-refractivity contribution in [1.82, 2.24) is 20.6 Å². The zero-order valence-electron chi connectivity index (χ0n) is 18.9. The van der Waals surface area contributed by atoms with Crippen molar-refractivity contribution < 1.29 is 27.5 Å². The lowest BCUT2D eigenvalue weighted by Gasteiger charge is -2.01. The highest BCUT2D eigenvalue weighted by molar-refractivity contribution is 7.97. The standard InChI is InChI=1S/C22H18N4O6S4/c1-23-19(29)11-3-5-15-13(9-11)25-21(33-15)35-31-17(27)7-8-18(28)32-36-22-26-14-10-12(20(30)24-2)4-6-16(14)34-22/h3-6,9-10H,7-8H2,1-2H3,(H,23,29)(H,24,30). The van der Waals surface area contributed by atoms with Crippen molar-refractivity contribution in [3.63, 3.8) is 0 Å². The van der Waals surface area contributed by atoms with Gasteiger partial charge in [0.1, 0.15) is 24.1 Å². The van der Waals surface area contributed by atoms with Gasteiger partial charge in [0.05, 0.1) is 33.3 Å². The summed E-state index contributed by atoms with van der Waals surface area (Å²) in [6.45, 7) is 0. The Labute approximate surface area is 221 Å². The Bertz CT molecular complexity index is 1360. The highest BCUT2D eigenvalue weighted by Gasteiger charge is 2.15. The lowest BCUT2D eigenvalue weighted by atomic mass is 10.2. The molecule has 0 unspecified atom stereocenters. The van der Waals surface area contributed by atoms with Gasteiger partial charge in [0.25, 0.3) is 11.8 Å². The number of carbonyl (C=O) groups excluding carboxylic acids is 4. The molecule has 4 aromatic rings. The summed E-state index contributed by atoms with van der Waals surface area (Å²) < 4.78 is 13.0. The van der Waals surface area contributed by atoms with Gasteiger partial charge >= 0.3 is 11.9 Å². The lowest BCUT2D eigenvalue weighted by molar-refractivity contribution is -0.139. The Kier molecular flexibility index (Phi) is 8.40. The molecule has 0 aliphatic heterocycles. The molecule has 0 aliphatic carbocycles. The van der Waals surface area contributed by atoms with E-state index in [0.717, 1.165) is 33.5 Å². The lowest BCUT2D eigenvalue weighted by Crippen LogP contribution is -2.17. The summed E-state index contributed by atoms with van der Waals surface area (Å²) in [6, 6.07) is 10.3. The second-order valence-corrected chi connectivity index (χ2v) is 11.1. The number of thiazole rings is 2. The van der Waals surface area contributed by atoms with Crippen LogP contribution in [0, 0.1) is 0 Å². The minimum atomic E-state index is -0.589. The maximum atomic E-state index is 12.0. The number of carbonyl (C=O) groups is 4. The summed E-state index contributed by atoms with van der Waals surface area (Å²) in [6.07, 6.45) is -0.319. The predicted molar refractivity (Wildman–Crippen MR) is 139 cm³/mol. The number of fused-ring (bicyclic) bond motifs is 2. The zero-order chi connectivity index (χ0) is 25.7. The number of rotatable bonds is 9. The summed E-state index contributed by atoms with van der Waals surface area (Å²) in [5.74, 6) is -1.61. The number of nitrogens with zero attached hydrogens (tertiary/aromatic N) is 2. The maximum absolute atomic E-state index is 12.0. The molecule has 0 bridgehead atoms. The van der Waals surface area contributed by atoms with Crippen LogP contribution in [0.2, 0.25) is 0 Å². The molecule has 36 heavy (non-hydrogen) atoms. The van der Waals surface area contributed by atoms with E-state index in [1.165, 1.54) is 22.7 Å². The van der Waals surface area contributed by atoms with E-state index >= 15 is 0 Å². The molecule has 2 aromatic heterocycles. The van der Waals surface area contributed by atoms with Crippen LogP contribution in [-0.4, -0.2) is 47.8 Å². The van der Waals surface area contributed by atoms with E-state index < -0.39 is 11.9 Å². The van der Waals surface area contributed by atoms with Gasteiger partial charge in [0, 0.05) is 25.2 Å². The summed E-state index contributed by atoms with van der Waals surface area (Å²) >= 11 is 4.26. The molecular formula is C22H18N4O6S4. The van der Waals surface area contributed by atoms with E-state index in [0.29, 0.717) is 30.8 Å². The number of benzene rings is 2. The van der Waals surface area contributed by atoms with Gasteiger partial charge in [0.15, 0.2) is 8.68 Å². The Balaban J connectivity index is 1.23. The fourth-order valence-corrected chi connectivity index (χ4v) is 6.04. The number of hydrogen-bond donors (Lipinski definition) is 2. The largest absolute Gasteiger partial charge is 0.383 e. The molecule has 14 heteroatoms. The molecule has 0 saturated carbocycles. The van der Waals surface area contributed by atoms with Crippen molar-refractivity contribution in [1.29, 1.82) is 0 Å². The number of amides is 2. The van der Waals surface area contributed by atoms with Gasteiger partial charge in [-0.3, -0.25) is 19.2 Å². The quantitative estimate of drug-likeness (QED) is 0.286. The molecule has 0 saturated heterocycles. The van der Waals surface area contributed by atoms with E-state index in [-0.39, 0.29) is 24.7 Å². The Morgan fingerprint density at radius 3 is 1.56 bits per heavy atom. The van der Waals surface area contributed by atoms with Gasteiger partial charge in [0.2, 0.25) is 0 Å². The fraction of sp³-hybridized carbons (Fsp3) is 0.182. The third-order valence-corrected chi connectivity index (χ3v) is 8.24. The fourth-order valence-electron chi connectivity index (χ4n) is 2.91. The molecule has 186 valence electrons. The highest BCUT2D eigenvalue weighted by atomic mass is 32.2. The molecule has 10 nitrogen and oxygen atoms in total. The topological polar surface area (TPSA) is 137 Å². The van der Waals surface area contributed by atoms with Crippen LogP contribution in [0.15, 0.2) is 45.1 Å². The smallest absolute Gasteiger partial charge is 0.318 e. The van der Waals surface area contributed by atoms with Crippen LogP contribution in [0.1, 0.15) is 33.6 Å². The van der Waals surface area contributed by atoms with Gasteiger partial charge in [-0.25, -0.2) is 9.97 Å². The van der Waals surface area contributed by atoms with Crippen molar-refractivity contribution in [2.45, 2.75) is 21.5 Å². The van der Waals surface area contributed by atoms with Crippen molar-refractivity contribution in [2.75, 3.05) is 14.1 Å². The summed E-state index contributed by atoms with van der Waals surface area (Å²) in [5.41, 5.74) is 2.22. The van der Waals surface area contributed by atoms with Gasteiger partial charge in [-0.2, -0.15) is 0 Å². The Morgan fingerprint density at radius 1 is 0.750 bits per heavy atom. The second-order valence-electron chi connectivity index (χ2n) is 7.06. The maximum Gasteiger partial charge on any atom is 0.318 e. The van der Waals surface area contributed by atoms with Crippen molar-refractivity contribution in [3.8, 4) is 0 Å². The summed E-state index contributed by atoms with van der Waals surface area (Å²) in [4.78, 5) is 56.3. The van der Waals surface area contributed by atoms with E-state index in [1.807, 2.05) is 0 Å². The molecule has 0 aliphatic rings. The molecule has 2 heterocycles. The zero-order valence-corrected chi connectivity index (χ0v) is 22.1. The van der Waals surface area contributed by atoms with Crippen LogP contribution in [0.4, 0.5) is 0 Å². The average molecular weight is 563 g/mol. The molecule has 0 radical (unpaired) electrons. The van der Waals surface area contributed by atoms with Crippen LogP contribution in [0.5, 0.6) is 0 Å². The number of aromatic nitrogens is 2. The molecule has 2 amide bonds. The average Bonchev–Trinajstić information content (AvgIpc) is 3.50. The van der Waals surface area contributed by atoms with Crippen LogP contribution >= 0.6 is 46.8 Å². The Morgan fingerprint density at radius 2 is 1.17 bits per heavy atom. The molecule has 0 fully saturated rings. The van der Waals surface area contributed by atoms with Crippen LogP contribution in [-0.2, 0) is 18.0 Å². The minimum absolute atomic E-state index is 0.159. The van der Waals surface area contributed by atoms with Crippen molar-refractivity contribution in [2.24, 2.45) is 0 Å². The highest BCUT2D eigenvalue weighted by Crippen LogP contribution is 2.32. The minimum Gasteiger partial charge on any atom is -0.383 e. The van der Waals surface area contributed by atoms with E-state index in [2.05, 4.69) is 20.6 Å². The third kappa shape index (κ3) is 6.32. The molecule has 4 rings (SSSR count). The number of hydrogen-bond acceptors (Lipinski definition) is 12. The summed E-state index contributed by atoms with van der Waals surface area (Å²) in [5, 5.41) is 5.11. The van der Waals surface area contributed by atoms with E-state index in [9.17, 15) is 19.2 Å². The third-order valence-electron chi connectivity index (χ3n) is 4.66. The van der Waals surface area contributed by atoms with Crippen LogP contribution in [0.3, 0.4) is 0 Å². The van der Waals surface area contributed by atoms with E-state index in [1.54, 1.807) is 50.5 Å². The predicted octanol–water partition coefficient (Wildman–Crippen LogP) is 4.21. The normalized spacial score (nSPS) is 10.8.